The Hall–Kier alpha value is -1.06. The molecule has 1 heterocycles. The van der Waals surface area contributed by atoms with Crippen LogP contribution in [0.2, 0.25) is 0 Å². The Labute approximate surface area is 97.1 Å². The van der Waals surface area contributed by atoms with Gasteiger partial charge in [-0.25, -0.2) is 0 Å². The minimum atomic E-state index is 0.338. The van der Waals surface area contributed by atoms with Crippen LogP contribution >= 0.6 is 0 Å². The van der Waals surface area contributed by atoms with Gasteiger partial charge in [-0.05, 0) is 30.7 Å². The Morgan fingerprint density at radius 2 is 2.00 bits per heavy atom. The van der Waals surface area contributed by atoms with Crippen molar-refractivity contribution in [1.82, 2.24) is 10.2 Å². The average molecular weight is 220 g/mol. The average Bonchev–Trinajstić information content (AvgIpc) is 2.23. The molecule has 0 spiro atoms. The van der Waals surface area contributed by atoms with Crippen LogP contribution in [0.25, 0.3) is 0 Å². The number of benzene rings is 1. The number of likely N-dealkylation sites (N-methyl/N-ethyl adjacent to an activating group) is 1. The molecular weight excluding hydrogens is 200 g/mol. The molecule has 1 saturated heterocycles. The van der Waals surface area contributed by atoms with Crippen LogP contribution in [0, 0.1) is 0 Å². The van der Waals surface area contributed by atoms with E-state index in [2.05, 4.69) is 24.2 Å². The summed E-state index contributed by atoms with van der Waals surface area (Å²) in [4.78, 5) is 2.31. The lowest BCUT2D eigenvalue weighted by molar-refractivity contribution is 0.161. The SMILES string of the molecule is CC(CNC1CN(C)C1)c1ccc(O)cc1. The first-order valence-corrected chi connectivity index (χ1v) is 5.86. The maximum absolute atomic E-state index is 9.21. The molecule has 16 heavy (non-hydrogen) atoms. The van der Waals surface area contributed by atoms with E-state index in [9.17, 15) is 5.11 Å². The number of hydrogen-bond donors (Lipinski definition) is 2. The summed E-state index contributed by atoms with van der Waals surface area (Å²) in [6, 6.07) is 8.15. The van der Waals surface area contributed by atoms with Crippen LogP contribution in [-0.2, 0) is 0 Å². The van der Waals surface area contributed by atoms with Gasteiger partial charge < -0.3 is 15.3 Å². The van der Waals surface area contributed by atoms with Gasteiger partial charge in [-0.15, -0.1) is 0 Å². The normalized spacial score (nSPS) is 19.4. The highest BCUT2D eigenvalue weighted by Gasteiger charge is 2.22. The molecule has 0 amide bonds. The van der Waals surface area contributed by atoms with Gasteiger partial charge in [0, 0.05) is 25.7 Å². The van der Waals surface area contributed by atoms with Gasteiger partial charge in [0.15, 0.2) is 0 Å². The number of hydrogen-bond acceptors (Lipinski definition) is 3. The first-order chi connectivity index (χ1) is 7.65. The fourth-order valence-electron chi connectivity index (χ4n) is 2.09. The third-order valence-electron chi connectivity index (χ3n) is 3.24. The van der Waals surface area contributed by atoms with Crippen LogP contribution in [0.3, 0.4) is 0 Å². The van der Waals surface area contributed by atoms with Crippen molar-refractivity contribution in [3.63, 3.8) is 0 Å². The summed E-state index contributed by atoms with van der Waals surface area (Å²) >= 11 is 0. The van der Waals surface area contributed by atoms with Gasteiger partial charge in [0.1, 0.15) is 5.75 Å². The van der Waals surface area contributed by atoms with Crippen molar-refractivity contribution in [2.45, 2.75) is 18.9 Å². The largest absolute Gasteiger partial charge is 0.508 e. The second-order valence-corrected chi connectivity index (χ2v) is 4.82. The molecule has 0 aromatic heterocycles. The summed E-state index contributed by atoms with van der Waals surface area (Å²) in [5.41, 5.74) is 1.28. The van der Waals surface area contributed by atoms with Gasteiger partial charge in [0.2, 0.25) is 0 Å². The molecule has 2 rings (SSSR count). The molecule has 3 nitrogen and oxygen atoms in total. The van der Waals surface area contributed by atoms with E-state index < -0.39 is 0 Å². The Morgan fingerprint density at radius 3 is 2.56 bits per heavy atom. The summed E-state index contributed by atoms with van der Waals surface area (Å²) in [6.45, 7) is 5.52. The van der Waals surface area contributed by atoms with Crippen LogP contribution in [-0.4, -0.2) is 42.7 Å². The number of aromatic hydroxyl groups is 1. The van der Waals surface area contributed by atoms with E-state index in [-0.39, 0.29) is 0 Å². The topological polar surface area (TPSA) is 35.5 Å². The molecule has 3 heteroatoms. The fraction of sp³-hybridized carbons (Fsp3) is 0.538. The minimum absolute atomic E-state index is 0.338. The zero-order chi connectivity index (χ0) is 11.5. The standard InChI is InChI=1S/C13H20N2O/c1-10(7-14-12-8-15(2)9-12)11-3-5-13(16)6-4-11/h3-6,10,12,14,16H,7-9H2,1-2H3. The van der Waals surface area contributed by atoms with Gasteiger partial charge in [0.25, 0.3) is 0 Å². The van der Waals surface area contributed by atoms with Crippen LogP contribution in [0.4, 0.5) is 0 Å². The van der Waals surface area contributed by atoms with Gasteiger partial charge in [-0.3, -0.25) is 0 Å². The molecule has 0 aliphatic carbocycles. The Bertz CT molecular complexity index is 330. The maximum Gasteiger partial charge on any atom is 0.115 e. The molecule has 1 unspecified atom stereocenters. The molecule has 1 aliphatic rings. The lowest BCUT2D eigenvalue weighted by Gasteiger charge is -2.37. The lowest BCUT2D eigenvalue weighted by Crippen LogP contribution is -2.56. The molecule has 0 radical (unpaired) electrons. The molecule has 1 aromatic carbocycles. The second-order valence-electron chi connectivity index (χ2n) is 4.82. The lowest BCUT2D eigenvalue weighted by atomic mass is 10.00. The number of phenols is 1. The van der Waals surface area contributed by atoms with Crippen molar-refractivity contribution in [2.75, 3.05) is 26.7 Å². The molecule has 0 bridgehead atoms. The van der Waals surface area contributed by atoms with Crippen molar-refractivity contribution >= 4 is 0 Å². The smallest absolute Gasteiger partial charge is 0.115 e. The monoisotopic (exact) mass is 220 g/mol. The third kappa shape index (κ3) is 2.74. The van der Waals surface area contributed by atoms with E-state index in [0.29, 0.717) is 17.7 Å². The first-order valence-electron chi connectivity index (χ1n) is 5.86. The van der Waals surface area contributed by atoms with Crippen molar-refractivity contribution in [1.29, 1.82) is 0 Å². The quantitative estimate of drug-likeness (QED) is 0.805. The zero-order valence-electron chi connectivity index (χ0n) is 9.98. The predicted octanol–water partition coefficient (Wildman–Crippen LogP) is 1.40. The predicted molar refractivity (Wildman–Crippen MR) is 65.8 cm³/mol. The van der Waals surface area contributed by atoms with Crippen molar-refractivity contribution < 1.29 is 5.11 Å². The Balaban J connectivity index is 1.79. The number of phenolic OH excluding ortho intramolecular Hbond substituents is 1. The molecule has 1 aliphatic heterocycles. The summed E-state index contributed by atoms with van der Waals surface area (Å²) in [5, 5.41) is 12.8. The van der Waals surface area contributed by atoms with Crippen LogP contribution in [0.15, 0.2) is 24.3 Å². The molecule has 1 atom stereocenters. The van der Waals surface area contributed by atoms with Gasteiger partial charge in [-0.2, -0.15) is 0 Å². The molecule has 0 saturated carbocycles. The number of nitrogens with one attached hydrogen (secondary N) is 1. The summed E-state index contributed by atoms with van der Waals surface area (Å²) < 4.78 is 0. The number of rotatable bonds is 4. The van der Waals surface area contributed by atoms with E-state index >= 15 is 0 Å². The molecule has 1 aromatic rings. The van der Waals surface area contributed by atoms with Crippen LogP contribution in [0.1, 0.15) is 18.4 Å². The van der Waals surface area contributed by atoms with E-state index in [1.807, 2.05) is 12.1 Å². The highest BCUT2D eigenvalue weighted by Crippen LogP contribution is 2.18. The highest BCUT2D eigenvalue weighted by molar-refractivity contribution is 5.28. The van der Waals surface area contributed by atoms with Gasteiger partial charge >= 0.3 is 0 Å². The summed E-state index contributed by atoms with van der Waals surface area (Å²) in [5.74, 6) is 0.830. The van der Waals surface area contributed by atoms with E-state index in [1.165, 1.54) is 5.56 Å². The van der Waals surface area contributed by atoms with Crippen LogP contribution < -0.4 is 5.32 Å². The van der Waals surface area contributed by atoms with Gasteiger partial charge in [0.05, 0.1) is 0 Å². The molecular formula is C13H20N2O. The van der Waals surface area contributed by atoms with E-state index in [4.69, 9.17) is 0 Å². The van der Waals surface area contributed by atoms with Crippen molar-refractivity contribution in [3.05, 3.63) is 29.8 Å². The van der Waals surface area contributed by atoms with Gasteiger partial charge in [-0.1, -0.05) is 19.1 Å². The molecule has 88 valence electrons. The summed E-state index contributed by atoms with van der Waals surface area (Å²) in [7, 11) is 2.14. The third-order valence-corrected chi connectivity index (χ3v) is 3.24. The molecule has 2 N–H and O–H groups in total. The van der Waals surface area contributed by atoms with Crippen molar-refractivity contribution in [3.8, 4) is 5.75 Å². The second kappa shape index (κ2) is 4.85. The zero-order valence-corrected chi connectivity index (χ0v) is 9.98. The van der Waals surface area contributed by atoms with Crippen molar-refractivity contribution in [2.24, 2.45) is 0 Å². The van der Waals surface area contributed by atoms with E-state index in [0.717, 1.165) is 19.6 Å². The minimum Gasteiger partial charge on any atom is -0.508 e. The highest BCUT2D eigenvalue weighted by atomic mass is 16.3. The fourth-order valence-corrected chi connectivity index (χ4v) is 2.09. The first kappa shape index (κ1) is 11.4. The molecule has 1 fully saturated rings. The Morgan fingerprint density at radius 1 is 1.38 bits per heavy atom. The Kier molecular flexibility index (Phi) is 3.46. The number of nitrogens with zero attached hydrogens (tertiary/aromatic N) is 1. The number of likely N-dealkylation sites (tertiary alicyclic amines) is 1. The maximum atomic E-state index is 9.21. The van der Waals surface area contributed by atoms with Crippen LogP contribution in [0.5, 0.6) is 5.75 Å². The van der Waals surface area contributed by atoms with E-state index in [1.54, 1.807) is 12.1 Å². The summed E-state index contributed by atoms with van der Waals surface area (Å²) in [6.07, 6.45) is 0.